The van der Waals surface area contributed by atoms with Crippen molar-refractivity contribution < 1.29 is 19.5 Å². The Hall–Kier alpha value is -1.85. The number of carbonyl (C=O) groups is 3. The summed E-state index contributed by atoms with van der Waals surface area (Å²) in [5.41, 5.74) is 1.18. The van der Waals surface area contributed by atoms with Crippen molar-refractivity contribution in [1.82, 2.24) is 9.80 Å². The minimum atomic E-state index is -0.787. The molecule has 6 nitrogen and oxygen atoms in total. The number of carbonyl (C=O) groups excluding carboxylic acids is 2. The smallest absolute Gasteiger partial charge is 0.306 e. The van der Waals surface area contributed by atoms with Gasteiger partial charge in [0.15, 0.2) is 0 Å². The summed E-state index contributed by atoms with van der Waals surface area (Å²) in [6, 6.07) is 0. The van der Waals surface area contributed by atoms with Crippen LogP contribution in [0.15, 0.2) is 11.6 Å². The number of aliphatic carboxylic acids is 1. The highest BCUT2D eigenvalue weighted by atomic mass is 16.4. The van der Waals surface area contributed by atoms with E-state index in [0.717, 1.165) is 19.3 Å². The minimum Gasteiger partial charge on any atom is -0.481 e. The molecule has 1 aliphatic carbocycles. The van der Waals surface area contributed by atoms with Crippen LogP contribution >= 0.6 is 0 Å². The first-order valence-electron chi connectivity index (χ1n) is 8.40. The zero-order valence-electron chi connectivity index (χ0n) is 13.8. The summed E-state index contributed by atoms with van der Waals surface area (Å²) in [5.74, 6) is -1.25. The number of likely N-dealkylation sites (tertiary alicyclic amines) is 1. The van der Waals surface area contributed by atoms with Gasteiger partial charge in [0, 0.05) is 26.6 Å². The number of nitrogens with zero attached hydrogens (tertiary/aromatic N) is 2. The highest BCUT2D eigenvalue weighted by molar-refractivity contribution is 5.85. The predicted octanol–water partition coefficient (Wildman–Crippen LogP) is 1.66. The quantitative estimate of drug-likeness (QED) is 0.781. The van der Waals surface area contributed by atoms with Gasteiger partial charge in [0.1, 0.15) is 0 Å². The Kier molecular flexibility index (Phi) is 6.19. The average molecular weight is 322 g/mol. The Morgan fingerprint density at radius 1 is 1.26 bits per heavy atom. The summed E-state index contributed by atoms with van der Waals surface area (Å²) < 4.78 is 0. The van der Waals surface area contributed by atoms with Gasteiger partial charge in [-0.25, -0.2) is 0 Å². The van der Waals surface area contributed by atoms with Gasteiger partial charge in [-0.05, 0) is 38.5 Å². The molecule has 128 valence electrons. The van der Waals surface area contributed by atoms with Crippen LogP contribution in [0.25, 0.3) is 0 Å². The number of carboxylic acids is 1. The molecule has 1 fully saturated rings. The van der Waals surface area contributed by atoms with E-state index in [1.54, 1.807) is 11.9 Å². The zero-order chi connectivity index (χ0) is 16.8. The van der Waals surface area contributed by atoms with Crippen LogP contribution < -0.4 is 0 Å². The second-order valence-corrected chi connectivity index (χ2v) is 6.53. The van der Waals surface area contributed by atoms with Crippen molar-refractivity contribution in [2.45, 2.75) is 44.9 Å². The maximum atomic E-state index is 12.3. The van der Waals surface area contributed by atoms with E-state index in [-0.39, 0.29) is 24.3 Å². The molecule has 6 heteroatoms. The normalized spacial score (nSPS) is 19.2. The molecule has 2 aliphatic rings. The standard InChI is InChI=1S/C17H26N2O4/c1-18(15(20)11-13-5-3-2-4-6-13)12-16(21)19-9-7-14(8-10-19)17(22)23/h5,14H,2-4,6-12H2,1H3,(H,22,23). The molecule has 0 radical (unpaired) electrons. The lowest BCUT2D eigenvalue weighted by atomic mass is 9.96. The van der Waals surface area contributed by atoms with Crippen LogP contribution in [0.3, 0.4) is 0 Å². The van der Waals surface area contributed by atoms with E-state index < -0.39 is 5.97 Å². The van der Waals surface area contributed by atoms with Crippen molar-refractivity contribution in [3.8, 4) is 0 Å². The van der Waals surface area contributed by atoms with Crippen LogP contribution in [0, 0.1) is 5.92 Å². The lowest BCUT2D eigenvalue weighted by Crippen LogP contribution is -2.45. The third kappa shape index (κ3) is 5.08. The Balaban J connectivity index is 1.77. The van der Waals surface area contributed by atoms with E-state index in [1.165, 1.54) is 16.9 Å². The molecule has 23 heavy (non-hydrogen) atoms. The van der Waals surface area contributed by atoms with Crippen LogP contribution in [0.2, 0.25) is 0 Å². The molecule has 1 heterocycles. The molecular formula is C17H26N2O4. The van der Waals surface area contributed by atoms with Crippen LogP contribution in [-0.2, 0) is 14.4 Å². The summed E-state index contributed by atoms with van der Waals surface area (Å²) in [4.78, 5) is 38.5. The summed E-state index contributed by atoms with van der Waals surface area (Å²) in [5, 5.41) is 8.98. The van der Waals surface area contributed by atoms with E-state index in [9.17, 15) is 14.4 Å². The number of carboxylic acid groups (broad SMARTS) is 1. The highest BCUT2D eigenvalue weighted by Gasteiger charge is 2.27. The predicted molar refractivity (Wildman–Crippen MR) is 85.7 cm³/mol. The van der Waals surface area contributed by atoms with E-state index >= 15 is 0 Å². The fourth-order valence-electron chi connectivity index (χ4n) is 3.16. The van der Waals surface area contributed by atoms with Crippen molar-refractivity contribution in [2.24, 2.45) is 5.92 Å². The molecule has 0 aromatic carbocycles. The average Bonchev–Trinajstić information content (AvgIpc) is 2.55. The molecule has 0 unspecified atom stereocenters. The van der Waals surface area contributed by atoms with Crippen molar-refractivity contribution >= 4 is 17.8 Å². The van der Waals surface area contributed by atoms with Crippen LogP contribution in [0.1, 0.15) is 44.9 Å². The Labute approximate surface area is 137 Å². The Morgan fingerprint density at radius 3 is 2.52 bits per heavy atom. The second kappa shape index (κ2) is 8.13. The maximum Gasteiger partial charge on any atom is 0.306 e. The van der Waals surface area contributed by atoms with Crippen LogP contribution in [0.5, 0.6) is 0 Å². The van der Waals surface area contributed by atoms with E-state index in [4.69, 9.17) is 5.11 Å². The van der Waals surface area contributed by atoms with E-state index in [2.05, 4.69) is 6.08 Å². The number of likely N-dealkylation sites (N-methyl/N-ethyl adjacent to an activating group) is 1. The largest absolute Gasteiger partial charge is 0.481 e. The minimum absolute atomic E-state index is 0.0214. The fourth-order valence-corrected chi connectivity index (χ4v) is 3.16. The summed E-state index contributed by atoms with van der Waals surface area (Å²) in [7, 11) is 1.66. The fraction of sp³-hybridized carbons (Fsp3) is 0.706. The summed E-state index contributed by atoms with van der Waals surface area (Å²) in [6.07, 6.45) is 7.90. The molecule has 2 amide bonds. The third-order valence-corrected chi connectivity index (χ3v) is 4.76. The van der Waals surface area contributed by atoms with Gasteiger partial charge in [-0.15, -0.1) is 0 Å². The number of piperidine rings is 1. The first-order chi connectivity index (χ1) is 11.0. The van der Waals surface area contributed by atoms with Gasteiger partial charge < -0.3 is 14.9 Å². The number of hydrogen-bond donors (Lipinski definition) is 1. The van der Waals surface area contributed by atoms with Gasteiger partial charge in [-0.2, -0.15) is 0 Å². The topological polar surface area (TPSA) is 77.9 Å². The van der Waals surface area contributed by atoms with Crippen molar-refractivity contribution in [2.75, 3.05) is 26.7 Å². The molecule has 0 spiro atoms. The molecule has 0 atom stereocenters. The molecule has 1 N–H and O–H groups in total. The van der Waals surface area contributed by atoms with E-state index in [1.807, 2.05) is 0 Å². The van der Waals surface area contributed by atoms with Gasteiger partial charge >= 0.3 is 5.97 Å². The summed E-state index contributed by atoms with van der Waals surface area (Å²) in [6.45, 7) is 0.996. The molecule has 1 aliphatic heterocycles. The van der Waals surface area contributed by atoms with Gasteiger partial charge in [0.05, 0.1) is 12.5 Å². The molecule has 2 rings (SSSR count). The second-order valence-electron chi connectivity index (χ2n) is 6.53. The van der Waals surface area contributed by atoms with Crippen LogP contribution in [-0.4, -0.2) is 59.4 Å². The van der Waals surface area contributed by atoms with Gasteiger partial charge in [0.25, 0.3) is 0 Å². The lowest BCUT2D eigenvalue weighted by Gasteiger charge is -2.31. The third-order valence-electron chi connectivity index (χ3n) is 4.76. The van der Waals surface area contributed by atoms with Crippen molar-refractivity contribution in [1.29, 1.82) is 0 Å². The molecule has 0 bridgehead atoms. The van der Waals surface area contributed by atoms with Crippen LogP contribution in [0.4, 0.5) is 0 Å². The molecule has 0 saturated carbocycles. The molecule has 0 aromatic rings. The van der Waals surface area contributed by atoms with Gasteiger partial charge in [0.2, 0.25) is 11.8 Å². The number of hydrogen-bond acceptors (Lipinski definition) is 3. The number of rotatable bonds is 5. The van der Waals surface area contributed by atoms with Gasteiger partial charge in [-0.1, -0.05) is 11.6 Å². The monoisotopic (exact) mass is 322 g/mol. The van der Waals surface area contributed by atoms with Crippen molar-refractivity contribution in [3.05, 3.63) is 11.6 Å². The zero-order valence-corrected chi connectivity index (χ0v) is 13.8. The Morgan fingerprint density at radius 2 is 1.96 bits per heavy atom. The lowest BCUT2D eigenvalue weighted by molar-refractivity contribution is -0.146. The molecule has 0 aromatic heterocycles. The first-order valence-corrected chi connectivity index (χ1v) is 8.40. The maximum absolute atomic E-state index is 12.3. The van der Waals surface area contributed by atoms with E-state index in [0.29, 0.717) is 32.4 Å². The number of amides is 2. The highest BCUT2D eigenvalue weighted by Crippen LogP contribution is 2.21. The summed E-state index contributed by atoms with van der Waals surface area (Å²) >= 11 is 0. The number of allylic oxidation sites excluding steroid dienone is 1. The first kappa shape index (κ1) is 17.5. The Bertz CT molecular complexity index is 493. The molecule has 1 saturated heterocycles. The van der Waals surface area contributed by atoms with Crippen molar-refractivity contribution in [3.63, 3.8) is 0 Å². The molecular weight excluding hydrogens is 296 g/mol. The van der Waals surface area contributed by atoms with Gasteiger partial charge in [-0.3, -0.25) is 14.4 Å². The SMILES string of the molecule is CN(CC(=O)N1CCC(C(=O)O)CC1)C(=O)CC1=CCCCC1.